The summed E-state index contributed by atoms with van der Waals surface area (Å²) < 4.78 is 0. The zero-order valence-corrected chi connectivity index (χ0v) is 17.6. The van der Waals surface area contributed by atoms with Crippen LogP contribution in [-0.2, 0) is 21.4 Å². The molecule has 3 aromatic rings. The van der Waals surface area contributed by atoms with E-state index >= 15 is 0 Å². The first-order valence-electron chi connectivity index (χ1n) is 11.0. The van der Waals surface area contributed by atoms with Crippen LogP contribution in [-0.4, -0.2) is 28.3 Å². The highest BCUT2D eigenvalue weighted by atomic mass is 16.2. The van der Waals surface area contributed by atoms with Gasteiger partial charge in [-0.1, -0.05) is 37.1 Å². The second kappa shape index (κ2) is 9.33. The number of hydrogen-bond donors (Lipinski definition) is 3. The van der Waals surface area contributed by atoms with E-state index < -0.39 is 5.41 Å². The third kappa shape index (κ3) is 4.48. The lowest BCUT2D eigenvalue weighted by atomic mass is 9.63. The molecule has 0 spiro atoms. The third-order valence-corrected chi connectivity index (χ3v) is 6.55. The highest BCUT2D eigenvalue weighted by molar-refractivity contribution is 5.86. The molecule has 2 amide bonds. The van der Waals surface area contributed by atoms with Crippen LogP contribution in [0.2, 0.25) is 0 Å². The summed E-state index contributed by atoms with van der Waals surface area (Å²) >= 11 is 0. The van der Waals surface area contributed by atoms with E-state index in [9.17, 15) is 9.59 Å². The molecule has 6 heteroatoms. The van der Waals surface area contributed by atoms with Gasteiger partial charge in [0, 0.05) is 47.4 Å². The standard InChI is InChI=1S/C25H29N4O2/c26-24(31)20-10-3-5-14-25(20,22-12-4-6-15-27-22)17-29-23(30)13-7-8-18-16-28-21-11-2-1-9-19(18)21/h1-2,4,6,9,11-13,15-16,20,28H,3,5,7-8,10,14,17H2,(H2,26,31)(H,29,30)/t20?,25-/m1/s1. The van der Waals surface area contributed by atoms with Crippen molar-refractivity contribution in [2.75, 3.05) is 6.54 Å². The molecule has 1 saturated carbocycles. The van der Waals surface area contributed by atoms with Crippen LogP contribution in [0.4, 0.5) is 0 Å². The fourth-order valence-corrected chi connectivity index (χ4v) is 4.93. The van der Waals surface area contributed by atoms with Crippen molar-refractivity contribution in [3.63, 3.8) is 0 Å². The second-order valence-electron chi connectivity index (χ2n) is 8.39. The van der Waals surface area contributed by atoms with Crippen molar-refractivity contribution < 1.29 is 9.59 Å². The number of nitrogens with one attached hydrogen (secondary N) is 2. The lowest BCUT2D eigenvalue weighted by Gasteiger charge is -2.42. The zero-order chi connectivity index (χ0) is 21.7. The maximum Gasteiger partial charge on any atom is 0.223 e. The maximum absolute atomic E-state index is 12.6. The normalized spacial score (nSPS) is 21.1. The average molecular weight is 418 g/mol. The van der Waals surface area contributed by atoms with Gasteiger partial charge in [0.05, 0.1) is 5.92 Å². The van der Waals surface area contributed by atoms with E-state index in [1.807, 2.05) is 42.6 Å². The molecule has 4 rings (SSSR count). The van der Waals surface area contributed by atoms with E-state index in [1.54, 1.807) is 12.6 Å². The van der Waals surface area contributed by atoms with Crippen LogP contribution in [0.3, 0.4) is 0 Å². The summed E-state index contributed by atoms with van der Waals surface area (Å²) in [5, 5.41) is 4.24. The monoisotopic (exact) mass is 417 g/mol. The number of nitrogens with zero attached hydrogens (tertiary/aromatic N) is 1. The van der Waals surface area contributed by atoms with Gasteiger partial charge in [0.15, 0.2) is 0 Å². The number of rotatable bonds is 8. The van der Waals surface area contributed by atoms with Crippen LogP contribution in [0.25, 0.3) is 10.9 Å². The van der Waals surface area contributed by atoms with Gasteiger partial charge < -0.3 is 16.0 Å². The van der Waals surface area contributed by atoms with Gasteiger partial charge in [0.1, 0.15) is 0 Å². The lowest BCUT2D eigenvalue weighted by molar-refractivity contribution is -0.126. The molecule has 6 nitrogen and oxygen atoms in total. The van der Waals surface area contributed by atoms with Gasteiger partial charge in [-0.25, -0.2) is 0 Å². The van der Waals surface area contributed by atoms with Crippen LogP contribution in [0.5, 0.6) is 0 Å². The zero-order valence-electron chi connectivity index (χ0n) is 17.6. The van der Waals surface area contributed by atoms with Gasteiger partial charge in [-0.05, 0) is 49.4 Å². The Morgan fingerprint density at radius 3 is 2.84 bits per heavy atom. The van der Waals surface area contributed by atoms with Crippen molar-refractivity contribution in [1.82, 2.24) is 15.3 Å². The molecular formula is C25H29N4O2. The minimum atomic E-state index is -0.550. The van der Waals surface area contributed by atoms with Crippen LogP contribution >= 0.6 is 0 Å². The molecule has 1 aliphatic carbocycles. The number of aryl methyl sites for hydroxylation is 1. The molecule has 161 valence electrons. The van der Waals surface area contributed by atoms with Crippen LogP contribution in [0.1, 0.15) is 43.4 Å². The predicted molar refractivity (Wildman–Crippen MR) is 121 cm³/mol. The summed E-state index contributed by atoms with van der Waals surface area (Å²) in [5.74, 6) is -0.769. The van der Waals surface area contributed by atoms with Crippen LogP contribution in [0.15, 0.2) is 54.9 Å². The highest BCUT2D eigenvalue weighted by Crippen LogP contribution is 2.42. The summed E-state index contributed by atoms with van der Waals surface area (Å²) in [5.41, 5.74) is 8.36. The number of pyridine rings is 1. The van der Waals surface area contributed by atoms with Crippen LogP contribution < -0.4 is 11.1 Å². The smallest absolute Gasteiger partial charge is 0.223 e. The predicted octanol–water partition coefficient (Wildman–Crippen LogP) is 3.43. The maximum atomic E-state index is 12.6. The molecule has 1 unspecified atom stereocenters. The van der Waals surface area contributed by atoms with E-state index in [0.29, 0.717) is 13.0 Å². The lowest BCUT2D eigenvalue weighted by Crippen LogP contribution is -2.52. The Bertz CT molecular complexity index is 1050. The number of primary amides is 1. The molecule has 2 heterocycles. The molecule has 2 aromatic heterocycles. The summed E-state index contributed by atoms with van der Waals surface area (Å²) in [6.07, 6.45) is 10.3. The van der Waals surface area contributed by atoms with Gasteiger partial charge in [0.25, 0.3) is 0 Å². The molecule has 1 aromatic carbocycles. The van der Waals surface area contributed by atoms with E-state index in [2.05, 4.69) is 21.4 Å². The van der Waals surface area contributed by atoms with Crippen molar-refractivity contribution in [3.05, 3.63) is 72.5 Å². The topological polar surface area (TPSA) is 101 Å². The number of aromatic nitrogens is 2. The van der Waals surface area contributed by atoms with Gasteiger partial charge in [-0.15, -0.1) is 0 Å². The van der Waals surface area contributed by atoms with E-state index in [-0.39, 0.29) is 17.7 Å². The van der Waals surface area contributed by atoms with Gasteiger partial charge in [-0.3, -0.25) is 14.6 Å². The Morgan fingerprint density at radius 2 is 2.03 bits per heavy atom. The second-order valence-corrected chi connectivity index (χ2v) is 8.39. The molecule has 0 aliphatic heterocycles. The first-order chi connectivity index (χ1) is 15.1. The van der Waals surface area contributed by atoms with Crippen LogP contribution in [0, 0.1) is 12.3 Å². The number of benzene rings is 1. The number of carbonyl (C=O) groups is 2. The molecule has 4 N–H and O–H groups in total. The summed E-state index contributed by atoms with van der Waals surface area (Å²) in [4.78, 5) is 32.7. The van der Waals surface area contributed by atoms with Crippen molar-refractivity contribution in [2.45, 2.75) is 43.9 Å². The van der Waals surface area contributed by atoms with Gasteiger partial charge in [0.2, 0.25) is 11.8 Å². The van der Waals surface area contributed by atoms with E-state index in [4.69, 9.17) is 5.73 Å². The minimum absolute atomic E-state index is 0.121. The molecule has 1 aliphatic rings. The molecule has 0 saturated heterocycles. The Labute approximate surface area is 182 Å². The molecule has 0 bridgehead atoms. The van der Waals surface area contributed by atoms with E-state index in [0.717, 1.165) is 43.3 Å². The minimum Gasteiger partial charge on any atom is -0.369 e. The number of aromatic amines is 1. The average Bonchev–Trinajstić information content (AvgIpc) is 3.21. The quantitative estimate of drug-likeness (QED) is 0.523. The molecule has 31 heavy (non-hydrogen) atoms. The van der Waals surface area contributed by atoms with Crippen molar-refractivity contribution in [1.29, 1.82) is 0 Å². The van der Waals surface area contributed by atoms with Crippen molar-refractivity contribution in [3.8, 4) is 0 Å². The SMILES string of the molecule is NC(=O)C1CCCC[C@]1(CNC(=O)[CH]CCc1c[nH]c2ccccc12)c1ccccn1. The summed E-state index contributed by atoms with van der Waals surface area (Å²) in [6, 6.07) is 13.9. The third-order valence-electron chi connectivity index (χ3n) is 6.55. The van der Waals surface area contributed by atoms with Crippen molar-refractivity contribution >= 4 is 22.7 Å². The van der Waals surface area contributed by atoms with Gasteiger partial charge >= 0.3 is 0 Å². The Hall–Kier alpha value is -3.15. The number of H-pyrrole nitrogens is 1. The fraction of sp³-hybridized carbons (Fsp3) is 0.360. The number of amides is 2. The number of nitrogens with two attached hydrogens (primary N) is 1. The fourth-order valence-electron chi connectivity index (χ4n) is 4.93. The largest absolute Gasteiger partial charge is 0.369 e. The number of fused-ring (bicyclic) bond motifs is 1. The Kier molecular flexibility index (Phi) is 6.35. The molecule has 1 fully saturated rings. The number of hydrogen-bond acceptors (Lipinski definition) is 3. The first-order valence-corrected chi connectivity index (χ1v) is 11.0. The molecule has 2 atom stereocenters. The van der Waals surface area contributed by atoms with Gasteiger partial charge in [-0.2, -0.15) is 0 Å². The molecular weight excluding hydrogens is 388 g/mol. The highest BCUT2D eigenvalue weighted by Gasteiger charge is 2.46. The molecule has 1 radical (unpaired) electrons. The summed E-state index contributed by atoms with van der Waals surface area (Å²) in [7, 11) is 0. The number of para-hydroxylation sites is 1. The Morgan fingerprint density at radius 1 is 1.19 bits per heavy atom. The first kappa shape index (κ1) is 21.1. The van der Waals surface area contributed by atoms with Crippen molar-refractivity contribution in [2.24, 2.45) is 11.7 Å². The number of carbonyl (C=O) groups excluding carboxylic acids is 2. The van der Waals surface area contributed by atoms with E-state index in [1.165, 1.54) is 10.9 Å². The summed E-state index contributed by atoms with van der Waals surface area (Å²) in [6.45, 7) is 0.361. The Balaban J connectivity index is 1.40.